The van der Waals surface area contributed by atoms with Crippen LogP contribution >= 0.6 is 0 Å². The number of carbonyl (C=O) groups excluding carboxylic acids is 3. The van der Waals surface area contributed by atoms with Gasteiger partial charge in [0, 0.05) is 13.5 Å². The lowest BCUT2D eigenvalue weighted by molar-refractivity contribution is -0.156. The number of nitrogens with zero attached hydrogens (tertiary/aromatic N) is 1. The van der Waals surface area contributed by atoms with E-state index in [0.29, 0.717) is 6.21 Å². The van der Waals surface area contributed by atoms with Crippen molar-refractivity contribution in [3.8, 4) is 6.07 Å². The highest BCUT2D eigenvalue weighted by atomic mass is 16.6. The second kappa shape index (κ2) is 8.89. The molecule has 0 unspecified atom stereocenters. The maximum Gasteiger partial charge on any atom is 0.330 e. The Bertz CT molecular complexity index is 481. The molecule has 0 fully saturated rings. The van der Waals surface area contributed by atoms with Crippen molar-refractivity contribution >= 4 is 23.9 Å². The summed E-state index contributed by atoms with van der Waals surface area (Å²) in [5.74, 6) is -1.84. The topological polar surface area (TPSA) is 129 Å². The number of ether oxygens (including phenoxy) is 2. The van der Waals surface area contributed by atoms with Crippen molar-refractivity contribution in [3.63, 3.8) is 0 Å². The van der Waals surface area contributed by atoms with Crippen LogP contribution in [0.4, 0.5) is 0 Å². The Hall–Kier alpha value is -2.27. The van der Waals surface area contributed by atoms with E-state index in [0.717, 1.165) is 0 Å². The van der Waals surface area contributed by atoms with Gasteiger partial charge < -0.3 is 20.2 Å². The van der Waals surface area contributed by atoms with Crippen molar-refractivity contribution in [1.82, 2.24) is 5.32 Å². The summed E-state index contributed by atoms with van der Waals surface area (Å²) in [7, 11) is 1.34. The minimum absolute atomic E-state index is 0.0310. The molecular weight excluding hydrogens is 290 g/mol. The molecule has 0 heterocycles. The number of Topliss-reactive ketones (excluding diaryl/α,β-unsaturated/α-hetero) is 1. The summed E-state index contributed by atoms with van der Waals surface area (Å²) in [6.07, 6.45) is -0.270. The molecule has 0 aromatic carbocycles. The second-order valence-corrected chi connectivity index (χ2v) is 5.13. The predicted octanol–water partition coefficient (Wildman–Crippen LogP) is 0.350. The molecule has 0 saturated heterocycles. The molecule has 8 heteroatoms. The summed E-state index contributed by atoms with van der Waals surface area (Å²) >= 11 is 0. The summed E-state index contributed by atoms with van der Waals surface area (Å²) < 4.78 is 9.85. The van der Waals surface area contributed by atoms with Gasteiger partial charge in [0.05, 0.1) is 6.21 Å². The molecule has 0 bridgehead atoms. The third kappa shape index (κ3) is 6.95. The maximum absolute atomic E-state index is 12.1. The van der Waals surface area contributed by atoms with Gasteiger partial charge in [0.15, 0.2) is 11.4 Å². The third-order valence-corrected chi connectivity index (χ3v) is 2.79. The number of carbonyl (C=O) groups is 3. The first-order chi connectivity index (χ1) is 10.2. The first kappa shape index (κ1) is 19.7. The van der Waals surface area contributed by atoms with Gasteiger partial charge in [-0.15, -0.1) is 0 Å². The van der Waals surface area contributed by atoms with Crippen molar-refractivity contribution in [2.24, 2.45) is 0 Å². The number of amides is 1. The molecule has 122 valence electrons. The Morgan fingerprint density at radius 1 is 1.41 bits per heavy atom. The van der Waals surface area contributed by atoms with E-state index in [9.17, 15) is 14.4 Å². The quantitative estimate of drug-likeness (QED) is 0.467. The predicted molar refractivity (Wildman–Crippen MR) is 77.2 cm³/mol. The van der Waals surface area contributed by atoms with E-state index in [4.69, 9.17) is 20.1 Å². The zero-order valence-electron chi connectivity index (χ0n) is 13.1. The Kier molecular flexibility index (Phi) is 7.98. The first-order valence-electron chi connectivity index (χ1n) is 6.67. The molecule has 2 atom stereocenters. The van der Waals surface area contributed by atoms with Gasteiger partial charge in [0.1, 0.15) is 18.2 Å². The van der Waals surface area contributed by atoms with E-state index in [2.05, 4.69) is 5.32 Å². The fourth-order valence-corrected chi connectivity index (χ4v) is 1.35. The van der Waals surface area contributed by atoms with E-state index in [1.54, 1.807) is 6.07 Å². The van der Waals surface area contributed by atoms with Crippen LogP contribution in [0.1, 0.15) is 33.6 Å². The van der Waals surface area contributed by atoms with Crippen LogP contribution in [0.15, 0.2) is 0 Å². The average molecular weight is 311 g/mol. The fraction of sp³-hybridized carbons (Fsp3) is 0.643. The van der Waals surface area contributed by atoms with Crippen LogP contribution < -0.4 is 5.32 Å². The Balaban J connectivity index is 4.96. The van der Waals surface area contributed by atoms with Crippen molar-refractivity contribution < 1.29 is 23.9 Å². The number of nitriles is 1. The molecule has 0 saturated carbocycles. The highest BCUT2D eigenvalue weighted by Crippen LogP contribution is 2.11. The van der Waals surface area contributed by atoms with Crippen molar-refractivity contribution in [1.29, 1.82) is 10.7 Å². The van der Waals surface area contributed by atoms with Crippen molar-refractivity contribution in [2.45, 2.75) is 51.4 Å². The number of hydrogen-bond acceptors (Lipinski definition) is 7. The lowest BCUT2D eigenvalue weighted by Gasteiger charge is -2.23. The monoisotopic (exact) mass is 311 g/mol. The molecule has 0 aromatic heterocycles. The number of ketones is 1. The van der Waals surface area contributed by atoms with Crippen molar-refractivity contribution in [3.05, 3.63) is 0 Å². The minimum Gasteiger partial charge on any atom is -0.443 e. The van der Waals surface area contributed by atoms with Gasteiger partial charge >= 0.3 is 5.97 Å². The van der Waals surface area contributed by atoms with Crippen LogP contribution in [0.25, 0.3) is 0 Å². The second-order valence-electron chi connectivity index (χ2n) is 5.13. The minimum atomic E-state index is -1.35. The summed E-state index contributed by atoms with van der Waals surface area (Å²) in [6, 6.07) is 0.711. The zero-order chi connectivity index (χ0) is 17.3. The smallest absolute Gasteiger partial charge is 0.330 e. The van der Waals surface area contributed by atoms with Gasteiger partial charge in [-0.05, 0) is 27.2 Å². The lowest BCUT2D eigenvalue weighted by Crippen LogP contribution is -2.47. The molecule has 0 spiro atoms. The molecule has 0 aliphatic carbocycles. The molecular formula is C14H21N3O5. The lowest BCUT2D eigenvalue weighted by atomic mass is 10.1. The molecule has 0 rings (SSSR count). The molecule has 22 heavy (non-hydrogen) atoms. The van der Waals surface area contributed by atoms with E-state index in [-0.39, 0.29) is 12.8 Å². The number of esters is 1. The van der Waals surface area contributed by atoms with Crippen LogP contribution in [0.2, 0.25) is 0 Å². The van der Waals surface area contributed by atoms with Crippen molar-refractivity contribution in [2.75, 3.05) is 7.11 Å². The highest BCUT2D eigenvalue weighted by Gasteiger charge is 2.30. The number of rotatable bonds is 9. The van der Waals surface area contributed by atoms with Crippen LogP contribution in [0, 0.1) is 16.7 Å². The zero-order valence-corrected chi connectivity index (χ0v) is 13.1. The third-order valence-electron chi connectivity index (χ3n) is 2.79. The van der Waals surface area contributed by atoms with Crippen LogP contribution in [-0.4, -0.2) is 48.7 Å². The summed E-state index contributed by atoms with van der Waals surface area (Å²) in [5.41, 5.74) is -1.35. The van der Waals surface area contributed by atoms with Crippen LogP contribution in [0.5, 0.6) is 0 Å². The fourth-order valence-electron chi connectivity index (χ4n) is 1.35. The Labute approximate surface area is 129 Å². The molecule has 0 aliphatic heterocycles. The summed E-state index contributed by atoms with van der Waals surface area (Å²) in [5, 5.41) is 18.1. The standard InChI is InChI=1S/C14H21N3O5/c1-9(21-4)12(19)17-11(6-5-10(18)7-15)13(20)22-14(2,3)8-16/h7,9,11,15H,5-6H2,1-4H3,(H,17,19)/t9-,11-/m0/s1. The Morgan fingerprint density at radius 3 is 2.45 bits per heavy atom. The molecule has 0 radical (unpaired) electrons. The van der Waals surface area contributed by atoms with E-state index < -0.39 is 35.4 Å². The number of hydrogen-bond donors (Lipinski definition) is 2. The van der Waals surface area contributed by atoms with Crippen LogP contribution in [0.3, 0.4) is 0 Å². The SMILES string of the molecule is CO[C@@H](C)C(=O)N[C@@H](CCC(=O)C=N)C(=O)OC(C)(C)C#N. The van der Waals surface area contributed by atoms with Gasteiger partial charge in [-0.2, -0.15) is 5.26 Å². The van der Waals surface area contributed by atoms with E-state index in [1.807, 2.05) is 0 Å². The number of methoxy groups -OCH3 is 1. The van der Waals surface area contributed by atoms with Gasteiger partial charge in [0.25, 0.3) is 0 Å². The van der Waals surface area contributed by atoms with E-state index in [1.165, 1.54) is 27.9 Å². The molecule has 0 aromatic rings. The van der Waals surface area contributed by atoms with Crippen LogP contribution in [-0.2, 0) is 23.9 Å². The molecule has 1 amide bonds. The average Bonchev–Trinajstić information content (AvgIpc) is 2.49. The number of nitrogens with one attached hydrogen (secondary N) is 2. The molecule has 0 aliphatic rings. The normalized spacial score (nSPS) is 13.4. The summed E-state index contributed by atoms with van der Waals surface area (Å²) in [4.78, 5) is 35.0. The highest BCUT2D eigenvalue weighted by molar-refractivity contribution is 6.26. The van der Waals surface area contributed by atoms with E-state index >= 15 is 0 Å². The molecule has 2 N–H and O–H groups in total. The largest absolute Gasteiger partial charge is 0.443 e. The first-order valence-corrected chi connectivity index (χ1v) is 6.67. The van der Waals surface area contributed by atoms with Gasteiger partial charge in [0.2, 0.25) is 5.91 Å². The Morgan fingerprint density at radius 2 is 2.00 bits per heavy atom. The van der Waals surface area contributed by atoms with Gasteiger partial charge in [-0.25, -0.2) is 4.79 Å². The van der Waals surface area contributed by atoms with Gasteiger partial charge in [-0.1, -0.05) is 0 Å². The maximum atomic E-state index is 12.1. The van der Waals surface area contributed by atoms with Gasteiger partial charge in [-0.3, -0.25) is 9.59 Å². The molecule has 8 nitrogen and oxygen atoms in total. The summed E-state index contributed by atoms with van der Waals surface area (Å²) in [6.45, 7) is 4.31.